The van der Waals surface area contributed by atoms with Crippen molar-refractivity contribution in [2.75, 3.05) is 0 Å². The van der Waals surface area contributed by atoms with Crippen LogP contribution in [0.3, 0.4) is 0 Å². The molecule has 0 aromatic carbocycles. The lowest BCUT2D eigenvalue weighted by Crippen LogP contribution is -2.25. The lowest BCUT2D eigenvalue weighted by molar-refractivity contribution is 0.180. The topological polar surface area (TPSA) is 0 Å². The van der Waals surface area contributed by atoms with Gasteiger partial charge in [0.2, 0.25) is 0 Å². The summed E-state index contributed by atoms with van der Waals surface area (Å²) in [6.07, 6.45) is 5.20. The highest BCUT2D eigenvalue weighted by Crippen LogP contribution is 2.41. The highest BCUT2D eigenvalue weighted by atomic mass is 14.3. The van der Waals surface area contributed by atoms with Gasteiger partial charge in [0.05, 0.1) is 7.85 Å². The Bertz CT molecular complexity index is 123. The van der Waals surface area contributed by atoms with Crippen LogP contribution < -0.4 is 0 Å². The zero-order valence-corrected chi connectivity index (χ0v) is 8.06. The van der Waals surface area contributed by atoms with E-state index < -0.39 is 0 Å². The summed E-state index contributed by atoms with van der Waals surface area (Å²) >= 11 is 0. The van der Waals surface area contributed by atoms with Crippen molar-refractivity contribution in [3.8, 4) is 0 Å². The van der Waals surface area contributed by atoms with Crippen LogP contribution in [0.1, 0.15) is 46.5 Å². The van der Waals surface area contributed by atoms with Gasteiger partial charge in [-0.2, -0.15) is 0 Å². The van der Waals surface area contributed by atoms with Crippen molar-refractivity contribution in [2.24, 2.45) is 11.3 Å². The molecule has 0 spiro atoms. The third-order valence-electron chi connectivity index (χ3n) is 2.94. The molecule has 1 rings (SSSR count). The quantitative estimate of drug-likeness (QED) is 0.465. The van der Waals surface area contributed by atoms with Crippen LogP contribution in [-0.4, -0.2) is 7.85 Å². The van der Waals surface area contributed by atoms with Gasteiger partial charge in [0, 0.05) is 0 Å². The van der Waals surface area contributed by atoms with Gasteiger partial charge in [-0.1, -0.05) is 45.9 Å². The second kappa shape index (κ2) is 3.20. The van der Waals surface area contributed by atoms with E-state index in [9.17, 15) is 0 Å². The van der Waals surface area contributed by atoms with Crippen molar-refractivity contribution in [2.45, 2.75) is 52.3 Å². The highest BCUT2D eigenvalue weighted by Gasteiger charge is 2.28. The van der Waals surface area contributed by atoms with Gasteiger partial charge in [-0.25, -0.2) is 0 Å². The van der Waals surface area contributed by atoms with E-state index in [0.717, 1.165) is 5.92 Å². The van der Waals surface area contributed by atoms with Crippen LogP contribution >= 0.6 is 0 Å². The maximum absolute atomic E-state index is 5.92. The van der Waals surface area contributed by atoms with Crippen LogP contribution in [0, 0.1) is 11.3 Å². The number of hydrogen-bond donors (Lipinski definition) is 0. The Morgan fingerprint density at radius 1 is 1.18 bits per heavy atom. The second-order valence-corrected chi connectivity index (χ2v) is 4.99. The van der Waals surface area contributed by atoms with Gasteiger partial charge < -0.3 is 0 Å². The largest absolute Gasteiger partial charge is 0.0771 e. The Hall–Kier alpha value is 0.0649. The smallest absolute Gasteiger partial charge is 0.0699 e. The molecule has 0 N–H and O–H groups in total. The summed E-state index contributed by atoms with van der Waals surface area (Å²) in [5.74, 6) is 1.33. The minimum absolute atomic E-state index is 0.470. The van der Waals surface area contributed by atoms with Crippen molar-refractivity contribution in [3.63, 3.8) is 0 Å². The Kier molecular flexibility index (Phi) is 2.67. The Morgan fingerprint density at radius 3 is 2.18 bits per heavy atom. The molecule has 0 amide bonds. The molecule has 1 saturated carbocycles. The fraction of sp³-hybridized carbons (Fsp3) is 1.00. The normalized spacial score (nSPS) is 33.7. The monoisotopic (exact) mass is 150 g/mol. The predicted molar refractivity (Wildman–Crippen MR) is 50.9 cm³/mol. The molecule has 0 aromatic rings. The molecule has 0 nitrogen and oxygen atoms in total. The van der Waals surface area contributed by atoms with Crippen molar-refractivity contribution in [1.82, 2.24) is 0 Å². The molecule has 0 aromatic heterocycles. The van der Waals surface area contributed by atoms with Crippen molar-refractivity contribution >= 4 is 7.85 Å². The van der Waals surface area contributed by atoms with E-state index >= 15 is 0 Å². The molecule has 2 radical (unpaired) electrons. The van der Waals surface area contributed by atoms with Gasteiger partial charge in [0.25, 0.3) is 0 Å². The van der Waals surface area contributed by atoms with Crippen LogP contribution in [0.4, 0.5) is 0 Å². The Balaban J connectivity index is 2.46. The van der Waals surface area contributed by atoms with Crippen molar-refractivity contribution in [1.29, 1.82) is 0 Å². The van der Waals surface area contributed by atoms with Crippen LogP contribution in [0.5, 0.6) is 0 Å². The van der Waals surface area contributed by atoms with Crippen LogP contribution in [0.25, 0.3) is 0 Å². The first kappa shape index (κ1) is 9.16. The Labute approximate surface area is 72.2 Å². The van der Waals surface area contributed by atoms with E-state index in [0.29, 0.717) is 11.2 Å². The molecule has 1 fully saturated rings. The van der Waals surface area contributed by atoms with Gasteiger partial charge in [-0.3, -0.25) is 0 Å². The molecule has 2 atom stereocenters. The predicted octanol–water partition coefficient (Wildman–Crippen LogP) is 3.18. The fourth-order valence-electron chi connectivity index (χ4n) is 2.01. The number of rotatable bonds is 0. The number of hydrogen-bond acceptors (Lipinski definition) is 0. The molecular formula is C10H19B. The van der Waals surface area contributed by atoms with Crippen LogP contribution in [-0.2, 0) is 0 Å². The summed E-state index contributed by atoms with van der Waals surface area (Å²) in [6, 6.07) is 0. The molecule has 0 bridgehead atoms. The molecule has 2 unspecified atom stereocenters. The molecule has 1 aliphatic rings. The summed E-state index contributed by atoms with van der Waals surface area (Å²) in [7, 11) is 5.92. The second-order valence-electron chi connectivity index (χ2n) is 4.99. The fourth-order valence-corrected chi connectivity index (χ4v) is 2.01. The van der Waals surface area contributed by atoms with Gasteiger partial charge >= 0.3 is 0 Å². The van der Waals surface area contributed by atoms with Crippen LogP contribution in [0.15, 0.2) is 0 Å². The van der Waals surface area contributed by atoms with Crippen LogP contribution in [0.2, 0.25) is 5.82 Å². The average molecular weight is 150 g/mol. The zero-order valence-electron chi connectivity index (χ0n) is 8.06. The summed E-state index contributed by atoms with van der Waals surface area (Å²) in [6.45, 7) is 6.99. The lowest BCUT2D eigenvalue weighted by atomic mass is 9.64. The Morgan fingerprint density at radius 2 is 1.82 bits per heavy atom. The van der Waals surface area contributed by atoms with Gasteiger partial charge in [0.15, 0.2) is 0 Å². The molecule has 11 heavy (non-hydrogen) atoms. The summed E-state index contributed by atoms with van der Waals surface area (Å²) in [4.78, 5) is 0. The third kappa shape index (κ3) is 2.54. The van der Waals surface area contributed by atoms with E-state index in [2.05, 4.69) is 20.8 Å². The molecule has 0 aliphatic heterocycles. The SMILES string of the molecule is [B]C1CCCC(C(C)(C)C)C1. The molecule has 1 heteroatoms. The molecule has 0 heterocycles. The third-order valence-corrected chi connectivity index (χ3v) is 2.94. The van der Waals surface area contributed by atoms with Crippen molar-refractivity contribution < 1.29 is 0 Å². The lowest BCUT2D eigenvalue weighted by Gasteiger charge is -2.36. The summed E-state index contributed by atoms with van der Waals surface area (Å²) in [5, 5.41) is 0. The summed E-state index contributed by atoms with van der Waals surface area (Å²) in [5.41, 5.74) is 0.470. The van der Waals surface area contributed by atoms with E-state index in [1.807, 2.05) is 0 Å². The first-order valence-electron chi connectivity index (χ1n) is 4.76. The molecule has 0 saturated heterocycles. The van der Waals surface area contributed by atoms with Gasteiger partial charge in [0.1, 0.15) is 0 Å². The standard InChI is InChI=1S/C10H19B/c1-10(2,3)8-5-4-6-9(11)7-8/h8-9H,4-7H2,1-3H3. The van der Waals surface area contributed by atoms with Crippen molar-refractivity contribution in [3.05, 3.63) is 0 Å². The molecule has 1 aliphatic carbocycles. The maximum atomic E-state index is 5.92. The minimum Gasteiger partial charge on any atom is -0.0771 e. The van der Waals surface area contributed by atoms with Gasteiger partial charge in [-0.15, -0.1) is 0 Å². The highest BCUT2D eigenvalue weighted by molar-refractivity contribution is 6.11. The summed E-state index contributed by atoms with van der Waals surface area (Å²) < 4.78 is 0. The minimum atomic E-state index is 0.470. The van der Waals surface area contributed by atoms with E-state index in [4.69, 9.17) is 7.85 Å². The molecular weight excluding hydrogens is 131 g/mol. The average Bonchev–Trinajstić information content (AvgIpc) is 1.86. The first-order chi connectivity index (χ1) is 5.00. The first-order valence-corrected chi connectivity index (χ1v) is 4.76. The maximum Gasteiger partial charge on any atom is 0.0699 e. The van der Waals surface area contributed by atoms with E-state index in [1.165, 1.54) is 25.7 Å². The zero-order chi connectivity index (χ0) is 8.48. The van der Waals surface area contributed by atoms with E-state index in [1.54, 1.807) is 0 Å². The van der Waals surface area contributed by atoms with Gasteiger partial charge in [-0.05, 0) is 17.8 Å². The molecule has 62 valence electrons. The van der Waals surface area contributed by atoms with E-state index in [-0.39, 0.29) is 0 Å².